The number of hydrogen-bond acceptors (Lipinski definition) is 3. The first kappa shape index (κ1) is 14.9. The Balaban J connectivity index is 2.08. The molecular weight excluding hydrogens is 252 g/mol. The molecule has 2 rings (SSSR count). The van der Waals surface area contributed by atoms with Gasteiger partial charge in [-0.05, 0) is 50.8 Å². The lowest BCUT2D eigenvalue weighted by atomic mass is 9.92. The summed E-state index contributed by atoms with van der Waals surface area (Å²) in [5.41, 5.74) is 6.67. The number of rotatable bonds is 4. The van der Waals surface area contributed by atoms with Crippen LogP contribution in [0.5, 0.6) is 5.75 Å². The van der Waals surface area contributed by atoms with Crippen molar-refractivity contribution in [1.82, 2.24) is 4.90 Å². The first-order valence-corrected chi connectivity index (χ1v) is 7.39. The van der Waals surface area contributed by atoms with Gasteiger partial charge in [-0.1, -0.05) is 6.07 Å². The number of ether oxygens (including phenoxy) is 1. The standard InChI is InChI=1S/C16H24N2O2/c1-3-20-15-8-4-6-13(10-15)16(19)18-9-5-7-14(11-18)12(2)17/h4,6,8,10,12,14H,3,5,7,9,11,17H2,1-2H3/t12-,14-/m0/s1. The average molecular weight is 276 g/mol. The van der Waals surface area contributed by atoms with Crippen LogP contribution in [0.15, 0.2) is 24.3 Å². The summed E-state index contributed by atoms with van der Waals surface area (Å²) in [7, 11) is 0. The van der Waals surface area contributed by atoms with Crippen LogP contribution in [0.1, 0.15) is 37.0 Å². The molecule has 1 fully saturated rings. The number of benzene rings is 1. The van der Waals surface area contributed by atoms with E-state index in [1.54, 1.807) is 0 Å². The minimum Gasteiger partial charge on any atom is -0.494 e. The second kappa shape index (κ2) is 6.75. The van der Waals surface area contributed by atoms with E-state index >= 15 is 0 Å². The summed E-state index contributed by atoms with van der Waals surface area (Å²) in [5, 5.41) is 0. The van der Waals surface area contributed by atoms with Gasteiger partial charge in [0.1, 0.15) is 5.75 Å². The van der Waals surface area contributed by atoms with Gasteiger partial charge in [0.2, 0.25) is 0 Å². The second-order valence-corrected chi connectivity index (χ2v) is 5.47. The number of amides is 1. The molecule has 0 unspecified atom stereocenters. The van der Waals surface area contributed by atoms with E-state index in [-0.39, 0.29) is 11.9 Å². The Bertz CT molecular complexity index is 460. The van der Waals surface area contributed by atoms with Gasteiger partial charge in [-0.25, -0.2) is 0 Å². The van der Waals surface area contributed by atoms with Crippen molar-refractivity contribution < 1.29 is 9.53 Å². The molecule has 4 nitrogen and oxygen atoms in total. The van der Waals surface area contributed by atoms with Crippen LogP contribution in [0.2, 0.25) is 0 Å². The van der Waals surface area contributed by atoms with Crippen molar-refractivity contribution in [2.45, 2.75) is 32.7 Å². The van der Waals surface area contributed by atoms with Crippen LogP contribution in [0.3, 0.4) is 0 Å². The smallest absolute Gasteiger partial charge is 0.253 e. The van der Waals surface area contributed by atoms with Crippen LogP contribution in [-0.4, -0.2) is 36.5 Å². The number of piperidine rings is 1. The van der Waals surface area contributed by atoms with Crippen LogP contribution in [0.4, 0.5) is 0 Å². The third-order valence-electron chi connectivity index (χ3n) is 3.88. The number of nitrogens with zero attached hydrogens (tertiary/aromatic N) is 1. The van der Waals surface area contributed by atoms with Crippen LogP contribution < -0.4 is 10.5 Å². The van der Waals surface area contributed by atoms with Gasteiger partial charge in [0, 0.05) is 24.7 Å². The van der Waals surface area contributed by atoms with Crippen molar-refractivity contribution in [3.8, 4) is 5.75 Å². The molecule has 2 atom stereocenters. The molecule has 1 saturated heterocycles. The summed E-state index contributed by atoms with van der Waals surface area (Å²) in [4.78, 5) is 14.5. The number of likely N-dealkylation sites (tertiary alicyclic amines) is 1. The number of nitrogens with two attached hydrogens (primary N) is 1. The summed E-state index contributed by atoms with van der Waals surface area (Å²) < 4.78 is 5.45. The first-order chi connectivity index (χ1) is 9.61. The topological polar surface area (TPSA) is 55.6 Å². The molecule has 1 amide bonds. The lowest BCUT2D eigenvalue weighted by Gasteiger charge is -2.34. The van der Waals surface area contributed by atoms with Gasteiger partial charge in [0.25, 0.3) is 5.91 Å². The molecule has 0 aromatic heterocycles. The van der Waals surface area contributed by atoms with E-state index in [2.05, 4.69) is 0 Å². The second-order valence-electron chi connectivity index (χ2n) is 5.47. The highest BCUT2D eigenvalue weighted by molar-refractivity contribution is 5.94. The van der Waals surface area contributed by atoms with Crippen molar-refractivity contribution in [1.29, 1.82) is 0 Å². The van der Waals surface area contributed by atoms with Crippen molar-refractivity contribution in [3.05, 3.63) is 29.8 Å². The fourth-order valence-electron chi connectivity index (χ4n) is 2.69. The molecule has 110 valence electrons. The molecular formula is C16H24N2O2. The third-order valence-corrected chi connectivity index (χ3v) is 3.88. The molecule has 2 N–H and O–H groups in total. The maximum absolute atomic E-state index is 12.6. The zero-order valence-corrected chi connectivity index (χ0v) is 12.3. The zero-order chi connectivity index (χ0) is 14.5. The Kier molecular flexibility index (Phi) is 5.01. The highest BCUT2D eigenvalue weighted by Crippen LogP contribution is 2.22. The Hall–Kier alpha value is -1.55. The minimum atomic E-state index is 0.0805. The van der Waals surface area contributed by atoms with Crippen LogP contribution >= 0.6 is 0 Å². The number of hydrogen-bond donors (Lipinski definition) is 1. The van der Waals surface area contributed by atoms with Crippen molar-refractivity contribution in [2.24, 2.45) is 11.7 Å². The van der Waals surface area contributed by atoms with E-state index in [9.17, 15) is 4.79 Å². The third kappa shape index (κ3) is 3.51. The van der Waals surface area contributed by atoms with Crippen LogP contribution in [-0.2, 0) is 0 Å². The van der Waals surface area contributed by atoms with E-state index in [1.165, 1.54) is 0 Å². The zero-order valence-electron chi connectivity index (χ0n) is 12.3. The summed E-state index contributed by atoms with van der Waals surface area (Å²) in [5.74, 6) is 1.23. The molecule has 1 aliphatic heterocycles. The molecule has 0 radical (unpaired) electrons. The van der Waals surface area contributed by atoms with Crippen molar-refractivity contribution >= 4 is 5.91 Å². The summed E-state index contributed by atoms with van der Waals surface area (Å²) in [6, 6.07) is 7.55. The van der Waals surface area contributed by atoms with E-state index in [1.807, 2.05) is 43.0 Å². The Morgan fingerprint density at radius 1 is 1.55 bits per heavy atom. The highest BCUT2D eigenvalue weighted by Gasteiger charge is 2.26. The monoisotopic (exact) mass is 276 g/mol. The molecule has 0 spiro atoms. The fraction of sp³-hybridized carbons (Fsp3) is 0.562. The van der Waals surface area contributed by atoms with Gasteiger partial charge in [-0.3, -0.25) is 4.79 Å². The van der Waals surface area contributed by atoms with E-state index < -0.39 is 0 Å². The molecule has 1 aromatic rings. The molecule has 1 aromatic carbocycles. The molecule has 4 heteroatoms. The van der Waals surface area contributed by atoms with Gasteiger partial charge in [-0.15, -0.1) is 0 Å². The highest BCUT2D eigenvalue weighted by atomic mass is 16.5. The van der Waals surface area contributed by atoms with E-state index in [4.69, 9.17) is 10.5 Å². The molecule has 0 bridgehead atoms. The summed E-state index contributed by atoms with van der Waals surface area (Å²) >= 11 is 0. The summed E-state index contributed by atoms with van der Waals surface area (Å²) in [6.07, 6.45) is 2.14. The molecule has 0 saturated carbocycles. The Morgan fingerprint density at radius 2 is 2.35 bits per heavy atom. The molecule has 0 aliphatic carbocycles. The normalized spacial score (nSPS) is 20.6. The van der Waals surface area contributed by atoms with Gasteiger partial charge >= 0.3 is 0 Å². The molecule has 1 heterocycles. The Morgan fingerprint density at radius 3 is 3.05 bits per heavy atom. The molecule has 1 aliphatic rings. The van der Waals surface area contributed by atoms with Crippen molar-refractivity contribution in [3.63, 3.8) is 0 Å². The maximum atomic E-state index is 12.6. The van der Waals surface area contributed by atoms with Gasteiger partial charge < -0.3 is 15.4 Å². The van der Waals surface area contributed by atoms with E-state index in [0.29, 0.717) is 18.1 Å². The Labute approximate surface area is 120 Å². The SMILES string of the molecule is CCOc1cccc(C(=O)N2CCC[C@H]([C@H](C)N)C2)c1. The summed E-state index contributed by atoms with van der Waals surface area (Å²) in [6.45, 7) is 6.14. The first-order valence-electron chi connectivity index (χ1n) is 7.39. The van der Waals surface area contributed by atoms with Gasteiger partial charge in [0.15, 0.2) is 0 Å². The predicted molar refractivity (Wildman–Crippen MR) is 79.9 cm³/mol. The largest absolute Gasteiger partial charge is 0.494 e. The van der Waals surface area contributed by atoms with E-state index in [0.717, 1.165) is 31.7 Å². The number of carbonyl (C=O) groups excluding carboxylic acids is 1. The number of carbonyl (C=O) groups is 1. The lowest BCUT2D eigenvalue weighted by Crippen LogP contribution is -2.45. The van der Waals surface area contributed by atoms with Crippen LogP contribution in [0.25, 0.3) is 0 Å². The predicted octanol–water partition coefficient (Wildman–Crippen LogP) is 2.28. The fourth-order valence-corrected chi connectivity index (χ4v) is 2.69. The van der Waals surface area contributed by atoms with Crippen LogP contribution in [0, 0.1) is 5.92 Å². The lowest BCUT2D eigenvalue weighted by molar-refractivity contribution is 0.0660. The van der Waals surface area contributed by atoms with Gasteiger partial charge in [0.05, 0.1) is 6.61 Å². The van der Waals surface area contributed by atoms with Gasteiger partial charge in [-0.2, -0.15) is 0 Å². The van der Waals surface area contributed by atoms with Crippen molar-refractivity contribution in [2.75, 3.05) is 19.7 Å². The quantitative estimate of drug-likeness (QED) is 0.918. The average Bonchev–Trinajstić information content (AvgIpc) is 2.47. The minimum absolute atomic E-state index is 0.0805. The maximum Gasteiger partial charge on any atom is 0.253 e. The molecule has 20 heavy (non-hydrogen) atoms.